The molecular weight excluding hydrogens is 278 g/mol. The van der Waals surface area contributed by atoms with E-state index < -0.39 is 6.04 Å². The Kier molecular flexibility index (Phi) is 4.48. The zero-order valence-electron chi connectivity index (χ0n) is 12.5. The van der Waals surface area contributed by atoms with Gasteiger partial charge < -0.3 is 10.6 Å². The number of carbonyl (C=O) groups excluding carboxylic acids is 1. The summed E-state index contributed by atoms with van der Waals surface area (Å²) in [6.07, 6.45) is 5.37. The van der Waals surface area contributed by atoms with Crippen molar-refractivity contribution in [2.24, 2.45) is 11.7 Å². The van der Waals surface area contributed by atoms with E-state index in [-0.39, 0.29) is 5.91 Å². The van der Waals surface area contributed by atoms with E-state index in [0.29, 0.717) is 5.92 Å². The van der Waals surface area contributed by atoms with Gasteiger partial charge in [0.05, 0.1) is 0 Å². The second-order valence-electron chi connectivity index (χ2n) is 5.80. The summed E-state index contributed by atoms with van der Waals surface area (Å²) in [7, 11) is 0. The van der Waals surface area contributed by atoms with Gasteiger partial charge in [-0.1, -0.05) is 30.3 Å². The van der Waals surface area contributed by atoms with E-state index in [1.807, 2.05) is 39.9 Å². The molecule has 0 saturated carbocycles. The summed E-state index contributed by atoms with van der Waals surface area (Å²) in [5.41, 5.74) is 7.00. The molecular formula is C16H21N5O. The van der Waals surface area contributed by atoms with E-state index in [1.165, 1.54) is 6.33 Å². The van der Waals surface area contributed by atoms with Gasteiger partial charge in [0, 0.05) is 19.6 Å². The lowest BCUT2D eigenvalue weighted by atomic mass is 9.96. The van der Waals surface area contributed by atoms with Crippen molar-refractivity contribution in [2.75, 3.05) is 13.1 Å². The number of hydrogen-bond acceptors (Lipinski definition) is 4. The number of amides is 1. The van der Waals surface area contributed by atoms with Gasteiger partial charge in [-0.05, 0) is 24.3 Å². The van der Waals surface area contributed by atoms with Crippen molar-refractivity contribution in [3.8, 4) is 0 Å². The van der Waals surface area contributed by atoms with Gasteiger partial charge in [-0.3, -0.25) is 9.48 Å². The minimum atomic E-state index is -0.577. The maximum atomic E-state index is 12.6. The average Bonchev–Trinajstić information content (AvgIpc) is 3.07. The molecule has 6 nitrogen and oxygen atoms in total. The predicted octanol–water partition coefficient (Wildman–Crippen LogP) is 1.22. The lowest BCUT2D eigenvalue weighted by Gasteiger charge is -2.34. The van der Waals surface area contributed by atoms with Crippen LogP contribution in [0.2, 0.25) is 0 Å². The molecule has 3 rings (SSSR count). The van der Waals surface area contributed by atoms with Crippen LogP contribution >= 0.6 is 0 Å². The highest BCUT2D eigenvalue weighted by Crippen LogP contribution is 2.21. The number of aromatic nitrogens is 3. The molecule has 1 aromatic carbocycles. The van der Waals surface area contributed by atoms with Crippen LogP contribution in [-0.4, -0.2) is 38.7 Å². The maximum Gasteiger partial charge on any atom is 0.244 e. The van der Waals surface area contributed by atoms with Crippen molar-refractivity contribution in [1.29, 1.82) is 0 Å². The normalized spacial score (nSPS) is 19.9. The summed E-state index contributed by atoms with van der Waals surface area (Å²) < 4.78 is 1.83. The Morgan fingerprint density at radius 3 is 2.91 bits per heavy atom. The van der Waals surface area contributed by atoms with Gasteiger partial charge in [0.15, 0.2) is 0 Å². The largest absolute Gasteiger partial charge is 0.341 e. The van der Waals surface area contributed by atoms with Gasteiger partial charge >= 0.3 is 0 Å². The van der Waals surface area contributed by atoms with Crippen LogP contribution in [0.1, 0.15) is 24.4 Å². The molecule has 22 heavy (non-hydrogen) atoms. The van der Waals surface area contributed by atoms with Crippen LogP contribution < -0.4 is 5.73 Å². The molecule has 2 N–H and O–H groups in total. The molecule has 6 heteroatoms. The fourth-order valence-electron chi connectivity index (χ4n) is 3.01. The first-order valence-corrected chi connectivity index (χ1v) is 7.66. The smallest absolute Gasteiger partial charge is 0.244 e. The highest BCUT2D eigenvalue weighted by molar-refractivity contribution is 5.83. The standard InChI is InChI=1S/C16H21N5O/c17-15(14-6-2-1-3-7-14)16(22)20-8-4-5-13(9-20)10-21-12-18-11-19-21/h1-3,6-7,11-13,15H,4-5,8-10,17H2/t13-,15-/m0/s1. The number of hydrogen-bond donors (Lipinski definition) is 1. The molecule has 0 bridgehead atoms. The van der Waals surface area contributed by atoms with E-state index in [9.17, 15) is 4.79 Å². The van der Waals surface area contributed by atoms with Crippen molar-refractivity contribution in [2.45, 2.75) is 25.4 Å². The number of benzene rings is 1. The van der Waals surface area contributed by atoms with E-state index in [4.69, 9.17) is 5.73 Å². The van der Waals surface area contributed by atoms with Crippen molar-refractivity contribution >= 4 is 5.91 Å². The summed E-state index contributed by atoms with van der Waals surface area (Å²) >= 11 is 0. The van der Waals surface area contributed by atoms with Crippen LogP contribution in [0.3, 0.4) is 0 Å². The number of carbonyl (C=O) groups is 1. The monoisotopic (exact) mass is 299 g/mol. The highest BCUT2D eigenvalue weighted by atomic mass is 16.2. The molecule has 116 valence electrons. The fourth-order valence-corrected chi connectivity index (χ4v) is 3.01. The van der Waals surface area contributed by atoms with Gasteiger partial charge in [-0.15, -0.1) is 0 Å². The maximum absolute atomic E-state index is 12.6. The summed E-state index contributed by atoms with van der Waals surface area (Å²) in [6.45, 7) is 2.32. The predicted molar refractivity (Wildman–Crippen MR) is 82.7 cm³/mol. The first-order chi connectivity index (χ1) is 10.7. The Bertz CT molecular complexity index is 598. The van der Waals surface area contributed by atoms with Crippen molar-refractivity contribution in [3.05, 3.63) is 48.5 Å². The highest BCUT2D eigenvalue weighted by Gasteiger charge is 2.28. The molecule has 1 fully saturated rings. The average molecular weight is 299 g/mol. The van der Waals surface area contributed by atoms with Crippen LogP contribution in [0.4, 0.5) is 0 Å². The van der Waals surface area contributed by atoms with E-state index >= 15 is 0 Å². The van der Waals surface area contributed by atoms with Gasteiger partial charge in [0.1, 0.15) is 18.7 Å². The quantitative estimate of drug-likeness (QED) is 0.921. The van der Waals surface area contributed by atoms with E-state index in [0.717, 1.165) is 38.0 Å². The third-order valence-corrected chi connectivity index (χ3v) is 4.17. The summed E-state index contributed by atoms with van der Waals surface area (Å²) in [4.78, 5) is 18.5. The van der Waals surface area contributed by atoms with Crippen molar-refractivity contribution < 1.29 is 4.79 Å². The number of rotatable bonds is 4. The van der Waals surface area contributed by atoms with Gasteiger partial charge in [-0.25, -0.2) is 4.98 Å². The zero-order valence-corrected chi connectivity index (χ0v) is 12.5. The molecule has 1 saturated heterocycles. The Labute approximate surface area is 129 Å². The van der Waals surface area contributed by atoms with E-state index in [1.54, 1.807) is 6.33 Å². The second kappa shape index (κ2) is 6.70. The molecule has 0 aliphatic carbocycles. The van der Waals surface area contributed by atoms with Crippen molar-refractivity contribution in [3.63, 3.8) is 0 Å². The summed E-state index contributed by atoms with van der Waals surface area (Å²) in [5.74, 6) is 0.414. The Balaban J connectivity index is 1.62. The minimum Gasteiger partial charge on any atom is -0.341 e. The molecule has 2 atom stereocenters. The lowest BCUT2D eigenvalue weighted by molar-refractivity contribution is -0.134. The number of nitrogens with two attached hydrogens (primary N) is 1. The first kappa shape index (κ1) is 14.7. The van der Waals surface area contributed by atoms with Crippen LogP contribution in [0.25, 0.3) is 0 Å². The summed E-state index contributed by atoms with van der Waals surface area (Å²) in [6, 6.07) is 8.97. The second-order valence-corrected chi connectivity index (χ2v) is 5.80. The Morgan fingerprint density at radius 2 is 2.18 bits per heavy atom. The third-order valence-electron chi connectivity index (χ3n) is 4.17. The molecule has 0 spiro atoms. The summed E-state index contributed by atoms with van der Waals surface area (Å²) in [5, 5.41) is 4.14. The topological polar surface area (TPSA) is 77.0 Å². The zero-order chi connectivity index (χ0) is 15.4. The number of likely N-dealkylation sites (tertiary alicyclic amines) is 1. The van der Waals surface area contributed by atoms with Crippen LogP contribution in [0, 0.1) is 5.92 Å². The number of piperidine rings is 1. The molecule has 1 aliphatic heterocycles. The van der Waals surface area contributed by atoms with Crippen LogP contribution in [-0.2, 0) is 11.3 Å². The lowest BCUT2D eigenvalue weighted by Crippen LogP contribution is -2.45. The van der Waals surface area contributed by atoms with E-state index in [2.05, 4.69) is 10.1 Å². The molecule has 1 amide bonds. The molecule has 2 heterocycles. The number of nitrogens with zero attached hydrogens (tertiary/aromatic N) is 4. The fraction of sp³-hybridized carbons (Fsp3) is 0.438. The Hall–Kier alpha value is -2.21. The third kappa shape index (κ3) is 3.33. The minimum absolute atomic E-state index is 0.00879. The first-order valence-electron chi connectivity index (χ1n) is 7.66. The molecule has 1 aromatic heterocycles. The SMILES string of the molecule is N[C@H](C(=O)N1CCC[C@H](Cn2cncn2)C1)c1ccccc1. The van der Waals surface area contributed by atoms with Gasteiger partial charge in [-0.2, -0.15) is 5.10 Å². The van der Waals surface area contributed by atoms with Gasteiger partial charge in [0.25, 0.3) is 0 Å². The molecule has 0 radical (unpaired) electrons. The molecule has 1 aliphatic rings. The van der Waals surface area contributed by atoms with Crippen molar-refractivity contribution in [1.82, 2.24) is 19.7 Å². The molecule has 2 aromatic rings. The Morgan fingerprint density at radius 1 is 1.36 bits per heavy atom. The van der Waals surface area contributed by atoms with Crippen LogP contribution in [0.15, 0.2) is 43.0 Å². The van der Waals surface area contributed by atoms with Crippen LogP contribution in [0.5, 0.6) is 0 Å². The molecule has 0 unspecified atom stereocenters. The van der Waals surface area contributed by atoms with Gasteiger partial charge in [0.2, 0.25) is 5.91 Å².